The van der Waals surface area contributed by atoms with Gasteiger partial charge in [-0.1, -0.05) is 0 Å². The van der Waals surface area contributed by atoms with Gasteiger partial charge in [0.15, 0.2) is 0 Å². The van der Waals surface area contributed by atoms with Crippen molar-refractivity contribution < 1.29 is 4.74 Å². The van der Waals surface area contributed by atoms with E-state index in [0.717, 1.165) is 12.5 Å². The third-order valence-electron chi connectivity index (χ3n) is 2.30. The fraction of sp³-hybridized carbons (Fsp3) is 1.00. The largest absolute Gasteiger partial charge is 0.360 e. The van der Waals surface area contributed by atoms with Crippen molar-refractivity contribution >= 4 is 0 Å². The molecule has 1 aliphatic heterocycles. The molecule has 0 aromatic rings. The van der Waals surface area contributed by atoms with E-state index in [1.54, 1.807) is 0 Å². The van der Waals surface area contributed by atoms with Gasteiger partial charge in [-0.15, -0.1) is 0 Å². The van der Waals surface area contributed by atoms with Crippen LogP contribution in [0.5, 0.6) is 0 Å². The summed E-state index contributed by atoms with van der Waals surface area (Å²) < 4.78 is 5.45. The highest BCUT2D eigenvalue weighted by atomic mass is 16.5. The molecule has 2 rings (SSSR count). The van der Waals surface area contributed by atoms with Gasteiger partial charge in [0.25, 0.3) is 0 Å². The molecule has 1 aliphatic carbocycles. The lowest BCUT2D eigenvalue weighted by atomic mass is 10.3. The van der Waals surface area contributed by atoms with Crippen molar-refractivity contribution in [1.82, 2.24) is 5.32 Å². The molecule has 0 amide bonds. The van der Waals surface area contributed by atoms with Crippen molar-refractivity contribution in [1.29, 1.82) is 0 Å². The topological polar surface area (TPSA) is 21.3 Å². The molecule has 2 unspecified atom stereocenters. The molecule has 2 aliphatic rings. The molecule has 0 spiro atoms. The summed E-state index contributed by atoms with van der Waals surface area (Å²) in [6, 6.07) is 0. The summed E-state index contributed by atoms with van der Waals surface area (Å²) in [5.74, 6) is 0.840. The Morgan fingerprint density at radius 3 is 2.88 bits per heavy atom. The number of hydrogen-bond donors (Lipinski definition) is 1. The van der Waals surface area contributed by atoms with Gasteiger partial charge in [0.1, 0.15) is 5.72 Å². The highest BCUT2D eigenvalue weighted by Crippen LogP contribution is 2.51. The molecule has 1 heterocycles. The van der Waals surface area contributed by atoms with Crippen molar-refractivity contribution in [2.24, 2.45) is 5.92 Å². The maximum atomic E-state index is 5.45. The predicted octanol–water partition coefficient (Wildman–Crippen LogP) is 0.342. The molecule has 1 saturated carbocycles. The normalized spacial score (nSPS) is 51.4. The van der Waals surface area contributed by atoms with Gasteiger partial charge < -0.3 is 4.74 Å². The number of rotatable bonds is 1. The molecule has 0 bridgehead atoms. The first-order valence-corrected chi connectivity index (χ1v) is 3.20. The van der Waals surface area contributed by atoms with Gasteiger partial charge in [0, 0.05) is 12.5 Å². The zero-order chi connectivity index (χ0) is 5.61. The second-order valence-electron chi connectivity index (χ2n) is 2.68. The standard InChI is InChI=1S/C6H11NO/c1-7-6-4-5(6)2-3-8-6/h5,7H,2-4H2,1H3. The molecule has 0 radical (unpaired) electrons. The molecule has 0 aromatic heterocycles. The van der Waals surface area contributed by atoms with E-state index < -0.39 is 0 Å². The van der Waals surface area contributed by atoms with Crippen molar-refractivity contribution in [2.75, 3.05) is 13.7 Å². The SMILES string of the molecule is CNC12CC1CCO2. The summed E-state index contributed by atoms with van der Waals surface area (Å²) in [5.41, 5.74) is 0.153. The minimum absolute atomic E-state index is 0.153. The van der Waals surface area contributed by atoms with Crippen molar-refractivity contribution in [3.8, 4) is 0 Å². The Labute approximate surface area is 49.2 Å². The van der Waals surface area contributed by atoms with E-state index >= 15 is 0 Å². The zero-order valence-electron chi connectivity index (χ0n) is 5.11. The van der Waals surface area contributed by atoms with Crippen LogP contribution in [0, 0.1) is 5.92 Å². The van der Waals surface area contributed by atoms with Crippen LogP contribution in [0.3, 0.4) is 0 Å². The molecule has 1 N–H and O–H groups in total. The van der Waals surface area contributed by atoms with Gasteiger partial charge in [0.05, 0.1) is 0 Å². The Kier molecular flexibility index (Phi) is 0.746. The molecule has 8 heavy (non-hydrogen) atoms. The first-order valence-electron chi connectivity index (χ1n) is 3.20. The van der Waals surface area contributed by atoms with Crippen molar-refractivity contribution in [3.63, 3.8) is 0 Å². The van der Waals surface area contributed by atoms with Gasteiger partial charge in [0.2, 0.25) is 0 Å². The molecule has 2 atom stereocenters. The van der Waals surface area contributed by atoms with E-state index in [1.165, 1.54) is 12.8 Å². The van der Waals surface area contributed by atoms with Crippen LogP contribution in [0.15, 0.2) is 0 Å². The van der Waals surface area contributed by atoms with Crippen LogP contribution in [0.25, 0.3) is 0 Å². The number of hydrogen-bond acceptors (Lipinski definition) is 2. The van der Waals surface area contributed by atoms with Crippen LogP contribution in [-0.2, 0) is 4.74 Å². The summed E-state index contributed by atoms with van der Waals surface area (Å²) in [6.07, 6.45) is 2.50. The Morgan fingerprint density at radius 1 is 1.75 bits per heavy atom. The maximum Gasteiger partial charge on any atom is 0.122 e. The van der Waals surface area contributed by atoms with Crippen LogP contribution in [0.2, 0.25) is 0 Å². The first-order chi connectivity index (χ1) is 3.87. The summed E-state index contributed by atoms with van der Waals surface area (Å²) >= 11 is 0. The van der Waals surface area contributed by atoms with Gasteiger partial charge in [-0.3, -0.25) is 5.32 Å². The molecule has 0 aromatic carbocycles. The Balaban J connectivity index is 2.08. The summed E-state index contributed by atoms with van der Waals surface area (Å²) in [6.45, 7) is 0.964. The van der Waals surface area contributed by atoms with Crippen molar-refractivity contribution in [3.05, 3.63) is 0 Å². The Morgan fingerprint density at radius 2 is 2.62 bits per heavy atom. The average Bonchev–Trinajstić information content (AvgIpc) is 2.38. The molecular weight excluding hydrogens is 102 g/mol. The van der Waals surface area contributed by atoms with Crippen LogP contribution in [-0.4, -0.2) is 19.4 Å². The Hall–Kier alpha value is -0.0800. The zero-order valence-corrected chi connectivity index (χ0v) is 5.11. The van der Waals surface area contributed by atoms with E-state index in [2.05, 4.69) is 5.32 Å². The molecule has 2 heteroatoms. The van der Waals surface area contributed by atoms with Gasteiger partial charge in [-0.2, -0.15) is 0 Å². The van der Waals surface area contributed by atoms with Crippen LogP contribution >= 0.6 is 0 Å². The third-order valence-corrected chi connectivity index (χ3v) is 2.30. The van der Waals surface area contributed by atoms with Gasteiger partial charge >= 0.3 is 0 Å². The second kappa shape index (κ2) is 1.25. The summed E-state index contributed by atoms with van der Waals surface area (Å²) in [7, 11) is 1.98. The fourth-order valence-electron chi connectivity index (χ4n) is 1.58. The minimum atomic E-state index is 0.153. The summed E-state index contributed by atoms with van der Waals surface area (Å²) in [4.78, 5) is 0. The maximum absolute atomic E-state index is 5.45. The highest BCUT2D eigenvalue weighted by Gasteiger charge is 2.57. The smallest absolute Gasteiger partial charge is 0.122 e. The second-order valence-corrected chi connectivity index (χ2v) is 2.68. The molecule has 2 fully saturated rings. The minimum Gasteiger partial charge on any atom is -0.360 e. The van der Waals surface area contributed by atoms with Gasteiger partial charge in [-0.05, 0) is 19.9 Å². The first kappa shape index (κ1) is 4.77. The molecular formula is C6H11NO. The van der Waals surface area contributed by atoms with Gasteiger partial charge in [-0.25, -0.2) is 0 Å². The fourth-order valence-corrected chi connectivity index (χ4v) is 1.58. The van der Waals surface area contributed by atoms with E-state index in [4.69, 9.17) is 4.74 Å². The molecule has 1 saturated heterocycles. The molecule has 2 nitrogen and oxygen atoms in total. The Bertz CT molecular complexity index is 111. The summed E-state index contributed by atoms with van der Waals surface area (Å²) in [5, 5.41) is 3.19. The monoisotopic (exact) mass is 113 g/mol. The average molecular weight is 113 g/mol. The predicted molar refractivity (Wildman–Crippen MR) is 30.5 cm³/mol. The lowest BCUT2D eigenvalue weighted by Gasteiger charge is -2.09. The molecule has 46 valence electrons. The van der Waals surface area contributed by atoms with E-state index in [-0.39, 0.29) is 5.72 Å². The number of ether oxygens (including phenoxy) is 1. The van der Waals surface area contributed by atoms with E-state index in [1.807, 2.05) is 7.05 Å². The number of nitrogens with one attached hydrogen (secondary N) is 1. The van der Waals surface area contributed by atoms with Crippen LogP contribution < -0.4 is 5.32 Å². The quantitative estimate of drug-likeness (QED) is 0.529. The van der Waals surface area contributed by atoms with Crippen LogP contribution in [0.4, 0.5) is 0 Å². The van der Waals surface area contributed by atoms with Crippen molar-refractivity contribution in [2.45, 2.75) is 18.6 Å². The lowest BCUT2D eigenvalue weighted by Crippen LogP contribution is -2.29. The third kappa shape index (κ3) is 0.400. The van der Waals surface area contributed by atoms with E-state index in [9.17, 15) is 0 Å². The highest BCUT2D eigenvalue weighted by molar-refractivity contribution is 5.05. The number of fused-ring (bicyclic) bond motifs is 1. The van der Waals surface area contributed by atoms with Crippen LogP contribution in [0.1, 0.15) is 12.8 Å². The lowest BCUT2D eigenvalue weighted by molar-refractivity contribution is 0.0451. The van der Waals surface area contributed by atoms with E-state index in [0.29, 0.717) is 0 Å².